The molecule has 1 heterocycles. The van der Waals surface area contributed by atoms with E-state index in [-0.39, 0.29) is 11.7 Å². The van der Waals surface area contributed by atoms with Crippen LogP contribution in [-0.4, -0.2) is 60.2 Å². The lowest BCUT2D eigenvalue weighted by Gasteiger charge is -2.34. The van der Waals surface area contributed by atoms with Gasteiger partial charge >= 0.3 is 6.61 Å². The maximum Gasteiger partial charge on any atom is 0.387 e. The van der Waals surface area contributed by atoms with Crippen LogP contribution < -0.4 is 4.74 Å². The SMILES string of the molecule is O=C(CO)N1CCN(Cc2ccccc2OC(F)F)CC1. The van der Waals surface area contributed by atoms with E-state index in [0.29, 0.717) is 38.3 Å². The van der Waals surface area contributed by atoms with Gasteiger partial charge in [0.1, 0.15) is 12.4 Å². The van der Waals surface area contributed by atoms with Crippen LogP contribution in [0, 0.1) is 0 Å². The third-order valence-electron chi connectivity index (χ3n) is 3.44. The van der Waals surface area contributed by atoms with Crippen LogP contribution in [0.3, 0.4) is 0 Å². The number of nitrogens with zero attached hydrogens (tertiary/aromatic N) is 2. The zero-order valence-corrected chi connectivity index (χ0v) is 11.5. The molecule has 0 radical (unpaired) electrons. The Kier molecular flexibility index (Phi) is 5.46. The highest BCUT2D eigenvalue weighted by Crippen LogP contribution is 2.22. The predicted molar refractivity (Wildman–Crippen MR) is 72.0 cm³/mol. The molecule has 0 unspecified atom stereocenters. The van der Waals surface area contributed by atoms with E-state index in [0.717, 1.165) is 0 Å². The molecule has 0 bridgehead atoms. The number of benzene rings is 1. The number of para-hydroxylation sites is 1. The maximum absolute atomic E-state index is 12.4. The molecule has 1 aliphatic heterocycles. The second-order valence-corrected chi connectivity index (χ2v) is 4.80. The van der Waals surface area contributed by atoms with Crippen LogP contribution in [0.1, 0.15) is 5.56 Å². The van der Waals surface area contributed by atoms with Crippen LogP contribution in [0.25, 0.3) is 0 Å². The topological polar surface area (TPSA) is 53.0 Å². The monoisotopic (exact) mass is 300 g/mol. The molecule has 1 amide bonds. The number of hydrogen-bond acceptors (Lipinski definition) is 4. The fraction of sp³-hybridized carbons (Fsp3) is 0.500. The van der Waals surface area contributed by atoms with Gasteiger partial charge in [0.05, 0.1) is 0 Å². The summed E-state index contributed by atoms with van der Waals surface area (Å²) in [5.74, 6) is -0.0996. The zero-order chi connectivity index (χ0) is 15.2. The normalized spacial score (nSPS) is 16.3. The number of carbonyl (C=O) groups excluding carboxylic acids is 1. The Bertz CT molecular complexity index is 477. The summed E-state index contributed by atoms with van der Waals surface area (Å²) in [6, 6.07) is 6.70. The van der Waals surface area contributed by atoms with E-state index < -0.39 is 13.2 Å². The van der Waals surface area contributed by atoms with E-state index in [1.54, 1.807) is 23.1 Å². The Morgan fingerprint density at radius 1 is 1.24 bits per heavy atom. The number of carbonyl (C=O) groups is 1. The fourth-order valence-electron chi connectivity index (χ4n) is 2.34. The molecule has 5 nitrogen and oxygen atoms in total. The van der Waals surface area contributed by atoms with Crippen molar-refractivity contribution in [2.75, 3.05) is 32.8 Å². The Morgan fingerprint density at radius 2 is 1.90 bits per heavy atom. The highest BCUT2D eigenvalue weighted by molar-refractivity contribution is 5.77. The minimum absolute atomic E-state index is 0.182. The van der Waals surface area contributed by atoms with E-state index in [1.807, 2.05) is 0 Å². The number of aliphatic hydroxyl groups is 1. The van der Waals surface area contributed by atoms with Crippen molar-refractivity contribution in [3.05, 3.63) is 29.8 Å². The van der Waals surface area contributed by atoms with Gasteiger partial charge in [0, 0.05) is 38.3 Å². The molecule has 0 aliphatic carbocycles. The maximum atomic E-state index is 12.4. The van der Waals surface area contributed by atoms with E-state index in [9.17, 15) is 13.6 Å². The molecule has 7 heteroatoms. The first-order chi connectivity index (χ1) is 10.1. The average molecular weight is 300 g/mol. The van der Waals surface area contributed by atoms with Gasteiger partial charge in [0.25, 0.3) is 0 Å². The third-order valence-corrected chi connectivity index (χ3v) is 3.44. The van der Waals surface area contributed by atoms with E-state index in [1.165, 1.54) is 6.07 Å². The van der Waals surface area contributed by atoms with Gasteiger partial charge in [-0.05, 0) is 6.07 Å². The lowest BCUT2D eigenvalue weighted by atomic mass is 10.1. The summed E-state index contributed by atoms with van der Waals surface area (Å²) in [5.41, 5.74) is 0.694. The predicted octanol–water partition coefficient (Wildman–Crippen LogP) is 0.924. The summed E-state index contributed by atoms with van der Waals surface area (Å²) in [5, 5.41) is 8.82. The quantitative estimate of drug-likeness (QED) is 0.879. The van der Waals surface area contributed by atoms with Gasteiger partial charge in [0.2, 0.25) is 5.91 Å². The Labute approximate surface area is 121 Å². The van der Waals surface area contributed by atoms with Crippen LogP contribution in [0.2, 0.25) is 0 Å². The summed E-state index contributed by atoms with van der Waals surface area (Å²) >= 11 is 0. The molecular formula is C14H18F2N2O3. The Balaban J connectivity index is 1.93. The van der Waals surface area contributed by atoms with Crippen molar-refractivity contribution in [1.82, 2.24) is 9.80 Å². The number of aliphatic hydroxyl groups excluding tert-OH is 1. The lowest BCUT2D eigenvalue weighted by molar-refractivity contribution is -0.136. The molecule has 1 fully saturated rings. The second kappa shape index (κ2) is 7.33. The largest absolute Gasteiger partial charge is 0.434 e. The first kappa shape index (κ1) is 15.7. The van der Waals surface area contributed by atoms with Crippen molar-refractivity contribution in [1.29, 1.82) is 0 Å². The minimum Gasteiger partial charge on any atom is -0.434 e. The Morgan fingerprint density at radius 3 is 2.52 bits per heavy atom. The smallest absolute Gasteiger partial charge is 0.387 e. The van der Waals surface area contributed by atoms with Gasteiger partial charge in [-0.2, -0.15) is 8.78 Å². The molecule has 1 N–H and O–H groups in total. The lowest BCUT2D eigenvalue weighted by Crippen LogP contribution is -2.49. The number of amides is 1. The van der Waals surface area contributed by atoms with Gasteiger partial charge in [-0.1, -0.05) is 18.2 Å². The Hall–Kier alpha value is -1.73. The molecule has 1 aromatic carbocycles. The number of ether oxygens (including phenoxy) is 1. The zero-order valence-electron chi connectivity index (χ0n) is 11.5. The molecular weight excluding hydrogens is 282 g/mol. The molecule has 21 heavy (non-hydrogen) atoms. The summed E-state index contributed by atoms with van der Waals surface area (Å²) < 4.78 is 29.2. The van der Waals surface area contributed by atoms with E-state index >= 15 is 0 Å². The molecule has 2 rings (SSSR count). The summed E-state index contributed by atoms with van der Waals surface area (Å²) in [6.45, 7) is -0.516. The third kappa shape index (κ3) is 4.37. The van der Waals surface area contributed by atoms with Gasteiger partial charge in [-0.25, -0.2) is 0 Å². The summed E-state index contributed by atoms with van der Waals surface area (Å²) in [4.78, 5) is 15.0. The summed E-state index contributed by atoms with van der Waals surface area (Å²) in [6.07, 6.45) is 0. The van der Waals surface area contributed by atoms with Crippen molar-refractivity contribution < 1.29 is 23.4 Å². The standard InChI is InChI=1S/C14H18F2N2O3/c15-14(16)21-12-4-2-1-3-11(12)9-17-5-7-18(8-6-17)13(20)10-19/h1-4,14,19H,5-10H2. The van der Waals surface area contributed by atoms with Crippen molar-refractivity contribution in [2.24, 2.45) is 0 Å². The number of rotatable bonds is 5. The van der Waals surface area contributed by atoms with Crippen molar-refractivity contribution in [2.45, 2.75) is 13.2 Å². The number of piperazine rings is 1. The molecule has 0 spiro atoms. The molecule has 0 atom stereocenters. The van der Waals surface area contributed by atoms with E-state index in [2.05, 4.69) is 9.64 Å². The summed E-state index contributed by atoms with van der Waals surface area (Å²) in [7, 11) is 0. The fourth-order valence-corrected chi connectivity index (χ4v) is 2.34. The van der Waals surface area contributed by atoms with Crippen LogP contribution in [-0.2, 0) is 11.3 Å². The number of halogens is 2. The molecule has 116 valence electrons. The van der Waals surface area contributed by atoms with Crippen LogP contribution >= 0.6 is 0 Å². The average Bonchev–Trinajstić information content (AvgIpc) is 2.49. The molecule has 0 saturated carbocycles. The van der Waals surface area contributed by atoms with Crippen LogP contribution in [0.5, 0.6) is 5.75 Å². The first-order valence-electron chi connectivity index (χ1n) is 6.74. The van der Waals surface area contributed by atoms with Gasteiger partial charge in [-0.3, -0.25) is 9.69 Å². The van der Waals surface area contributed by atoms with Crippen molar-refractivity contribution >= 4 is 5.91 Å². The van der Waals surface area contributed by atoms with Crippen LogP contribution in [0.15, 0.2) is 24.3 Å². The molecule has 1 aliphatic rings. The second-order valence-electron chi connectivity index (χ2n) is 4.80. The van der Waals surface area contributed by atoms with Gasteiger partial charge in [0.15, 0.2) is 0 Å². The highest BCUT2D eigenvalue weighted by Gasteiger charge is 2.21. The minimum atomic E-state index is -2.84. The van der Waals surface area contributed by atoms with E-state index in [4.69, 9.17) is 5.11 Å². The number of alkyl halides is 2. The van der Waals surface area contributed by atoms with Gasteiger partial charge in [-0.15, -0.1) is 0 Å². The van der Waals surface area contributed by atoms with Crippen LogP contribution in [0.4, 0.5) is 8.78 Å². The first-order valence-corrected chi connectivity index (χ1v) is 6.74. The molecule has 0 aromatic heterocycles. The molecule has 1 aromatic rings. The molecule has 1 saturated heterocycles. The van der Waals surface area contributed by atoms with Gasteiger partial charge < -0.3 is 14.7 Å². The van der Waals surface area contributed by atoms with Crippen molar-refractivity contribution in [3.8, 4) is 5.75 Å². The number of hydrogen-bond donors (Lipinski definition) is 1. The van der Waals surface area contributed by atoms with Crippen molar-refractivity contribution in [3.63, 3.8) is 0 Å². The highest BCUT2D eigenvalue weighted by atomic mass is 19.3.